The Labute approximate surface area is 215 Å². The van der Waals surface area contributed by atoms with Gasteiger partial charge in [-0.2, -0.15) is 0 Å². The second kappa shape index (κ2) is 11.9. The van der Waals surface area contributed by atoms with Crippen LogP contribution in [0.1, 0.15) is 42.2 Å². The maximum absolute atomic E-state index is 11.6. The average Bonchev–Trinajstić information content (AvgIpc) is 3.36. The average molecular weight is 512 g/mol. The molecule has 4 rings (SSSR count). The lowest BCUT2D eigenvalue weighted by molar-refractivity contribution is -0.139. The van der Waals surface area contributed by atoms with Crippen molar-refractivity contribution in [1.29, 1.82) is 0 Å². The third kappa shape index (κ3) is 6.53. The number of likely N-dealkylation sites (tertiary alicyclic amines) is 1. The third-order valence-corrected chi connectivity index (χ3v) is 7.82. The molecule has 1 fully saturated rings. The van der Waals surface area contributed by atoms with Gasteiger partial charge in [-0.05, 0) is 72.9 Å². The molecule has 2 aromatic heterocycles. The zero-order chi connectivity index (χ0) is 24.8. The van der Waals surface area contributed by atoms with Crippen LogP contribution in [0.5, 0.6) is 5.75 Å². The summed E-state index contributed by atoms with van der Waals surface area (Å²) in [5.74, 6) is 6.76. The van der Waals surface area contributed by atoms with E-state index in [9.17, 15) is 9.90 Å². The van der Waals surface area contributed by atoms with E-state index in [2.05, 4.69) is 21.7 Å². The van der Waals surface area contributed by atoms with Crippen molar-refractivity contribution >= 4 is 39.8 Å². The molecule has 0 radical (unpaired) electrons. The van der Waals surface area contributed by atoms with Crippen LogP contribution in [-0.4, -0.2) is 47.7 Å². The number of carboxylic acids is 1. The van der Waals surface area contributed by atoms with Crippen LogP contribution in [-0.2, 0) is 4.79 Å². The Morgan fingerprint density at radius 1 is 1.40 bits per heavy atom. The minimum absolute atomic E-state index is 0.0711. The molecule has 3 N–H and O–H groups in total. The standard InChI is InChI=1S/C27H30ClN3O3S/c1-34-20-7-9-25-22(15-20)27(23(28)16-30-25)24(29)8-6-18-10-12-31(17-19(18)14-26(32)33)11-2-4-21-5-3-13-35-21/h3,5,7,9,13,15-16,18-19,24H,6,8,10-12,14,17,29H2,1H3,(H,32,33)/t18?,19?,24-/m1/s1. The summed E-state index contributed by atoms with van der Waals surface area (Å²) in [6.07, 6.45) is 4.30. The highest BCUT2D eigenvalue weighted by atomic mass is 35.5. The predicted molar refractivity (Wildman–Crippen MR) is 141 cm³/mol. The summed E-state index contributed by atoms with van der Waals surface area (Å²) in [5.41, 5.74) is 8.35. The Morgan fingerprint density at radius 3 is 3.00 bits per heavy atom. The van der Waals surface area contributed by atoms with Gasteiger partial charge in [-0.25, -0.2) is 0 Å². The molecule has 1 saturated heterocycles. The highest BCUT2D eigenvalue weighted by Gasteiger charge is 2.31. The number of nitrogens with zero attached hydrogens (tertiary/aromatic N) is 2. The van der Waals surface area contributed by atoms with Crippen LogP contribution in [0.4, 0.5) is 0 Å². The van der Waals surface area contributed by atoms with Gasteiger partial charge in [-0.3, -0.25) is 14.7 Å². The van der Waals surface area contributed by atoms with Gasteiger partial charge in [0.25, 0.3) is 0 Å². The zero-order valence-electron chi connectivity index (χ0n) is 19.7. The van der Waals surface area contributed by atoms with Gasteiger partial charge in [-0.15, -0.1) is 11.3 Å². The number of rotatable bonds is 8. The molecule has 3 heterocycles. The van der Waals surface area contributed by atoms with Crippen LogP contribution >= 0.6 is 22.9 Å². The maximum atomic E-state index is 11.6. The van der Waals surface area contributed by atoms with E-state index in [1.165, 1.54) is 0 Å². The van der Waals surface area contributed by atoms with Gasteiger partial charge in [0.15, 0.2) is 0 Å². The summed E-state index contributed by atoms with van der Waals surface area (Å²) in [7, 11) is 1.63. The number of halogens is 1. The SMILES string of the molecule is COc1ccc2ncc(Cl)c([C@H](N)CCC3CCN(CC#Cc4cccs4)CC3CC(=O)O)c2c1. The third-order valence-electron chi connectivity index (χ3n) is 6.74. The molecule has 0 saturated carbocycles. The number of piperidine rings is 1. The van der Waals surface area contributed by atoms with Gasteiger partial charge in [0.1, 0.15) is 5.75 Å². The Morgan fingerprint density at radius 2 is 2.26 bits per heavy atom. The van der Waals surface area contributed by atoms with Gasteiger partial charge in [0.2, 0.25) is 0 Å². The van der Waals surface area contributed by atoms with Crippen LogP contribution in [0.15, 0.2) is 41.9 Å². The van der Waals surface area contributed by atoms with Crippen molar-refractivity contribution in [2.75, 3.05) is 26.7 Å². The van der Waals surface area contributed by atoms with E-state index in [-0.39, 0.29) is 18.4 Å². The predicted octanol–water partition coefficient (Wildman–Crippen LogP) is 5.20. The van der Waals surface area contributed by atoms with E-state index in [1.54, 1.807) is 24.6 Å². The van der Waals surface area contributed by atoms with Crippen molar-refractivity contribution < 1.29 is 14.6 Å². The quantitative estimate of drug-likeness (QED) is 0.404. The number of methoxy groups -OCH3 is 1. The Bertz CT molecular complexity index is 1220. The van der Waals surface area contributed by atoms with Crippen LogP contribution in [0.3, 0.4) is 0 Å². The van der Waals surface area contributed by atoms with E-state index >= 15 is 0 Å². The van der Waals surface area contributed by atoms with Gasteiger partial charge in [0, 0.05) is 30.6 Å². The van der Waals surface area contributed by atoms with E-state index in [0.717, 1.165) is 59.4 Å². The van der Waals surface area contributed by atoms with E-state index in [1.807, 2.05) is 35.7 Å². The molecular formula is C27H30ClN3O3S. The molecule has 6 nitrogen and oxygen atoms in total. The first-order valence-corrected chi connectivity index (χ1v) is 13.0. The number of hydrogen-bond donors (Lipinski definition) is 2. The molecular weight excluding hydrogens is 482 g/mol. The van der Waals surface area contributed by atoms with Crippen molar-refractivity contribution in [3.8, 4) is 17.6 Å². The molecule has 0 amide bonds. The minimum Gasteiger partial charge on any atom is -0.497 e. The number of carboxylic acid groups (broad SMARTS) is 1. The highest BCUT2D eigenvalue weighted by Crippen LogP contribution is 2.36. The number of pyridine rings is 1. The van der Waals surface area contributed by atoms with Crippen molar-refractivity contribution in [1.82, 2.24) is 9.88 Å². The van der Waals surface area contributed by atoms with Crippen molar-refractivity contribution in [2.45, 2.75) is 31.7 Å². The highest BCUT2D eigenvalue weighted by molar-refractivity contribution is 7.10. The molecule has 2 unspecified atom stereocenters. The summed E-state index contributed by atoms with van der Waals surface area (Å²) in [4.78, 5) is 19.3. The smallest absolute Gasteiger partial charge is 0.303 e. The number of benzene rings is 1. The fourth-order valence-electron chi connectivity index (χ4n) is 4.93. The first kappa shape index (κ1) is 25.5. The monoisotopic (exact) mass is 511 g/mol. The van der Waals surface area contributed by atoms with Crippen LogP contribution < -0.4 is 10.5 Å². The molecule has 1 aromatic carbocycles. The van der Waals surface area contributed by atoms with Gasteiger partial charge in [-0.1, -0.05) is 29.5 Å². The molecule has 1 aliphatic heterocycles. The largest absolute Gasteiger partial charge is 0.497 e. The van der Waals surface area contributed by atoms with Crippen molar-refractivity contribution in [2.24, 2.45) is 17.6 Å². The first-order valence-electron chi connectivity index (χ1n) is 11.8. The Hall–Kier alpha value is -2.63. The topological polar surface area (TPSA) is 88.7 Å². The Balaban J connectivity index is 1.42. The van der Waals surface area contributed by atoms with E-state index in [4.69, 9.17) is 22.1 Å². The number of fused-ring (bicyclic) bond motifs is 1. The van der Waals surface area contributed by atoms with Gasteiger partial charge < -0.3 is 15.6 Å². The second-order valence-electron chi connectivity index (χ2n) is 9.01. The number of nitrogens with two attached hydrogens (primary N) is 1. The van der Waals surface area contributed by atoms with Crippen LogP contribution in [0, 0.1) is 23.7 Å². The number of hydrogen-bond acceptors (Lipinski definition) is 6. The number of ether oxygens (including phenoxy) is 1. The molecule has 184 valence electrons. The molecule has 3 atom stereocenters. The number of aromatic nitrogens is 1. The summed E-state index contributed by atoms with van der Waals surface area (Å²) < 4.78 is 5.38. The van der Waals surface area contributed by atoms with Gasteiger partial charge >= 0.3 is 5.97 Å². The zero-order valence-corrected chi connectivity index (χ0v) is 21.3. The molecule has 0 spiro atoms. The first-order chi connectivity index (χ1) is 16.9. The number of thiophene rings is 1. The Kier molecular flexibility index (Phi) is 8.64. The second-order valence-corrected chi connectivity index (χ2v) is 10.4. The lowest BCUT2D eigenvalue weighted by Crippen LogP contribution is -2.41. The summed E-state index contributed by atoms with van der Waals surface area (Å²) in [5, 5.41) is 13.0. The van der Waals surface area contributed by atoms with Crippen molar-refractivity contribution in [3.63, 3.8) is 0 Å². The molecule has 3 aromatic rings. The van der Waals surface area contributed by atoms with E-state index < -0.39 is 5.97 Å². The van der Waals surface area contributed by atoms with Crippen LogP contribution in [0.2, 0.25) is 5.02 Å². The molecule has 8 heteroatoms. The normalized spacial score (nSPS) is 19.2. The maximum Gasteiger partial charge on any atom is 0.303 e. The van der Waals surface area contributed by atoms with Gasteiger partial charge in [0.05, 0.1) is 29.1 Å². The lowest BCUT2D eigenvalue weighted by atomic mass is 9.79. The lowest BCUT2D eigenvalue weighted by Gasteiger charge is -2.37. The van der Waals surface area contributed by atoms with E-state index in [0.29, 0.717) is 17.5 Å². The fourth-order valence-corrected chi connectivity index (χ4v) is 5.82. The summed E-state index contributed by atoms with van der Waals surface area (Å²) >= 11 is 8.17. The molecule has 35 heavy (non-hydrogen) atoms. The molecule has 0 bridgehead atoms. The summed E-state index contributed by atoms with van der Waals surface area (Å²) in [6.45, 7) is 2.30. The number of carbonyl (C=O) groups is 1. The number of aliphatic carboxylic acids is 1. The van der Waals surface area contributed by atoms with Crippen LogP contribution in [0.25, 0.3) is 10.9 Å². The summed E-state index contributed by atoms with van der Waals surface area (Å²) in [6, 6.07) is 9.42. The molecule has 0 aliphatic carbocycles. The molecule has 1 aliphatic rings. The fraction of sp³-hybridized carbons (Fsp3) is 0.407. The minimum atomic E-state index is -0.758. The van der Waals surface area contributed by atoms with Crippen molar-refractivity contribution in [3.05, 3.63) is 57.4 Å².